The van der Waals surface area contributed by atoms with E-state index in [1.165, 1.54) is 11.1 Å². The van der Waals surface area contributed by atoms with Crippen LogP contribution in [-0.4, -0.2) is 29.5 Å². The molecule has 2 aromatic carbocycles. The number of aromatic nitrogens is 2. The first-order chi connectivity index (χ1) is 15.2. The predicted octanol–water partition coefficient (Wildman–Crippen LogP) is 5.22. The third-order valence-corrected chi connectivity index (χ3v) is 7.16. The van der Waals surface area contributed by atoms with Gasteiger partial charge in [0.1, 0.15) is 0 Å². The molecule has 0 spiro atoms. The highest BCUT2D eigenvalue weighted by Crippen LogP contribution is 2.41. The summed E-state index contributed by atoms with van der Waals surface area (Å²) in [6.45, 7) is 2.30. The van der Waals surface area contributed by atoms with Crippen molar-refractivity contribution in [2.24, 2.45) is 0 Å². The van der Waals surface area contributed by atoms with E-state index in [-0.39, 0.29) is 11.4 Å². The maximum atomic E-state index is 10.8. The maximum absolute atomic E-state index is 10.8. The quantitative estimate of drug-likeness (QED) is 0.423. The highest BCUT2D eigenvalue weighted by atomic mass is 35.5. The average Bonchev–Trinajstić information content (AvgIpc) is 3.28. The second-order valence-corrected chi connectivity index (χ2v) is 8.97. The molecule has 1 aliphatic rings. The van der Waals surface area contributed by atoms with E-state index in [2.05, 4.69) is 51.7 Å². The molecule has 1 aliphatic heterocycles. The number of carbonyl (C=O) groups excluding carboxylic acids is 1. The van der Waals surface area contributed by atoms with Crippen molar-refractivity contribution < 1.29 is 9.53 Å². The molecule has 0 aliphatic carbocycles. The SMILES string of the molecule is O=COc1nc(-c2ccc(C3(c4ccc(Cl)cc4)CCNCC3)cc2)c2sccc2n1. The van der Waals surface area contributed by atoms with Crippen LogP contribution in [-0.2, 0) is 10.2 Å². The zero-order valence-electron chi connectivity index (χ0n) is 16.7. The van der Waals surface area contributed by atoms with Gasteiger partial charge in [-0.1, -0.05) is 48.0 Å². The molecule has 0 bridgehead atoms. The molecule has 31 heavy (non-hydrogen) atoms. The first-order valence-electron chi connectivity index (χ1n) is 10.1. The molecule has 0 radical (unpaired) electrons. The molecule has 156 valence electrons. The number of nitrogens with one attached hydrogen (secondary N) is 1. The number of hydrogen-bond donors (Lipinski definition) is 1. The molecule has 3 heterocycles. The maximum Gasteiger partial charge on any atom is 0.325 e. The molecule has 0 unspecified atom stereocenters. The summed E-state index contributed by atoms with van der Waals surface area (Å²) in [5, 5.41) is 6.19. The number of rotatable bonds is 5. The summed E-state index contributed by atoms with van der Waals surface area (Å²) < 4.78 is 5.90. The molecular formula is C24H20ClN3O2S. The Morgan fingerprint density at radius 3 is 2.32 bits per heavy atom. The van der Waals surface area contributed by atoms with Gasteiger partial charge >= 0.3 is 12.5 Å². The van der Waals surface area contributed by atoms with Crippen molar-refractivity contribution >= 4 is 39.6 Å². The topological polar surface area (TPSA) is 64.1 Å². The van der Waals surface area contributed by atoms with E-state index in [9.17, 15) is 4.79 Å². The fourth-order valence-corrected chi connectivity index (χ4v) is 5.42. The van der Waals surface area contributed by atoms with Gasteiger partial charge in [0.05, 0.1) is 15.9 Å². The molecule has 5 nitrogen and oxygen atoms in total. The summed E-state index contributed by atoms with van der Waals surface area (Å²) >= 11 is 7.72. The minimum absolute atomic E-state index is 0.0515. The van der Waals surface area contributed by atoms with Gasteiger partial charge in [-0.3, -0.25) is 4.79 Å². The number of carbonyl (C=O) groups is 1. The molecule has 1 saturated heterocycles. The van der Waals surface area contributed by atoms with Crippen LogP contribution >= 0.6 is 22.9 Å². The summed E-state index contributed by atoms with van der Waals surface area (Å²) in [5.41, 5.74) is 5.02. The summed E-state index contributed by atoms with van der Waals surface area (Å²) in [7, 11) is 0. The molecular weight excluding hydrogens is 430 g/mol. The number of thiophene rings is 1. The fraction of sp³-hybridized carbons (Fsp3) is 0.208. The molecule has 0 amide bonds. The fourth-order valence-electron chi connectivity index (χ4n) is 4.45. The highest BCUT2D eigenvalue weighted by Gasteiger charge is 2.35. The Bertz CT molecular complexity index is 1220. The Hall–Kier alpha value is -2.80. The minimum Gasteiger partial charge on any atom is -0.393 e. The number of nitrogens with zero attached hydrogens (tertiary/aromatic N) is 2. The van der Waals surface area contributed by atoms with Gasteiger partial charge in [0.15, 0.2) is 0 Å². The van der Waals surface area contributed by atoms with Crippen LogP contribution in [0.25, 0.3) is 21.5 Å². The zero-order chi connectivity index (χ0) is 21.3. The molecule has 1 fully saturated rings. The first kappa shape index (κ1) is 20.1. The number of fused-ring (bicyclic) bond motifs is 1. The number of halogens is 1. The van der Waals surface area contributed by atoms with Crippen LogP contribution < -0.4 is 10.1 Å². The van der Waals surface area contributed by atoms with E-state index in [1.54, 1.807) is 11.3 Å². The van der Waals surface area contributed by atoms with Gasteiger partial charge in [0.2, 0.25) is 0 Å². The van der Waals surface area contributed by atoms with Crippen molar-refractivity contribution in [3.8, 4) is 17.3 Å². The van der Waals surface area contributed by atoms with E-state index in [0.29, 0.717) is 6.47 Å². The van der Waals surface area contributed by atoms with Gasteiger partial charge in [0, 0.05) is 16.0 Å². The van der Waals surface area contributed by atoms with Crippen molar-refractivity contribution in [3.05, 3.63) is 76.1 Å². The summed E-state index contributed by atoms with van der Waals surface area (Å²) in [4.78, 5) is 19.6. The largest absolute Gasteiger partial charge is 0.393 e. The third kappa shape index (κ3) is 3.71. The number of ether oxygens (including phenoxy) is 1. The van der Waals surface area contributed by atoms with E-state index in [4.69, 9.17) is 16.3 Å². The van der Waals surface area contributed by atoms with E-state index in [0.717, 1.165) is 52.4 Å². The van der Waals surface area contributed by atoms with Gasteiger partial charge in [-0.2, -0.15) is 9.97 Å². The number of hydrogen-bond acceptors (Lipinski definition) is 6. The predicted molar refractivity (Wildman–Crippen MR) is 124 cm³/mol. The molecule has 4 aromatic rings. The zero-order valence-corrected chi connectivity index (χ0v) is 18.2. The van der Waals surface area contributed by atoms with Crippen molar-refractivity contribution in [2.45, 2.75) is 18.3 Å². The summed E-state index contributed by atoms with van der Waals surface area (Å²) in [5.74, 6) is 0. The van der Waals surface area contributed by atoms with E-state index < -0.39 is 0 Å². The number of benzene rings is 2. The Kier molecular flexibility index (Phi) is 5.44. The Morgan fingerprint density at radius 2 is 1.65 bits per heavy atom. The Labute approximate surface area is 189 Å². The van der Waals surface area contributed by atoms with Crippen LogP contribution in [0, 0.1) is 0 Å². The van der Waals surface area contributed by atoms with E-state index in [1.807, 2.05) is 23.6 Å². The standard InChI is InChI=1S/C24H20ClN3O2S/c25-19-7-5-18(6-8-19)24(10-12-26-13-11-24)17-3-1-16(2-4-17)21-22-20(9-14-31-22)27-23(28-21)30-15-29/h1-9,14-15,26H,10-13H2. The van der Waals surface area contributed by atoms with Crippen LogP contribution in [0.1, 0.15) is 24.0 Å². The van der Waals surface area contributed by atoms with Gasteiger partial charge in [-0.15, -0.1) is 11.3 Å². The van der Waals surface area contributed by atoms with Crippen LogP contribution in [0.15, 0.2) is 60.0 Å². The monoisotopic (exact) mass is 449 g/mol. The number of piperidine rings is 1. The second-order valence-electron chi connectivity index (χ2n) is 7.62. The minimum atomic E-state index is -0.0515. The van der Waals surface area contributed by atoms with Crippen LogP contribution in [0.5, 0.6) is 6.01 Å². The Morgan fingerprint density at radius 1 is 0.968 bits per heavy atom. The molecule has 0 saturated carbocycles. The molecule has 7 heteroatoms. The summed E-state index contributed by atoms with van der Waals surface area (Å²) in [6.07, 6.45) is 2.04. The van der Waals surface area contributed by atoms with Crippen LogP contribution in [0.2, 0.25) is 5.02 Å². The van der Waals surface area contributed by atoms with Crippen molar-refractivity contribution in [1.29, 1.82) is 0 Å². The van der Waals surface area contributed by atoms with Gasteiger partial charge in [-0.25, -0.2) is 0 Å². The van der Waals surface area contributed by atoms with E-state index >= 15 is 0 Å². The normalized spacial score (nSPS) is 15.6. The first-order valence-corrected chi connectivity index (χ1v) is 11.4. The summed E-state index contributed by atoms with van der Waals surface area (Å²) in [6, 6.07) is 18.8. The van der Waals surface area contributed by atoms with Crippen molar-refractivity contribution in [3.63, 3.8) is 0 Å². The lowest BCUT2D eigenvalue weighted by Crippen LogP contribution is -2.40. The Balaban J connectivity index is 1.57. The van der Waals surface area contributed by atoms with Crippen molar-refractivity contribution in [2.75, 3.05) is 13.1 Å². The molecule has 1 N–H and O–H groups in total. The third-order valence-electron chi connectivity index (χ3n) is 6.00. The van der Waals surface area contributed by atoms with Crippen molar-refractivity contribution in [1.82, 2.24) is 15.3 Å². The lowest BCUT2D eigenvalue weighted by atomic mass is 9.68. The molecule has 0 atom stereocenters. The van der Waals surface area contributed by atoms with Crippen LogP contribution in [0.3, 0.4) is 0 Å². The molecule has 2 aromatic heterocycles. The molecule has 5 rings (SSSR count). The second kappa shape index (κ2) is 8.38. The van der Waals surface area contributed by atoms with Gasteiger partial charge in [0.25, 0.3) is 0 Å². The van der Waals surface area contributed by atoms with Crippen LogP contribution in [0.4, 0.5) is 0 Å². The lowest BCUT2D eigenvalue weighted by Gasteiger charge is -2.39. The average molecular weight is 450 g/mol. The van der Waals surface area contributed by atoms with Gasteiger partial charge < -0.3 is 10.1 Å². The highest BCUT2D eigenvalue weighted by molar-refractivity contribution is 7.17. The smallest absolute Gasteiger partial charge is 0.325 e. The van der Waals surface area contributed by atoms with Gasteiger partial charge in [-0.05, 0) is 60.6 Å². The lowest BCUT2D eigenvalue weighted by molar-refractivity contribution is -0.121.